The molecular formula is C18H19N3O2. The average Bonchev–Trinajstić information content (AvgIpc) is 2.85. The summed E-state index contributed by atoms with van der Waals surface area (Å²) in [6.45, 7) is 4.70. The Morgan fingerprint density at radius 2 is 1.83 bits per heavy atom. The molecule has 0 saturated carbocycles. The third-order valence-corrected chi connectivity index (χ3v) is 3.56. The standard InChI is InChI=1S/C18H19N3O2/c1-3-19-14-9-11-15(12-10-14)21-18(22)17(13(2)20-21)23-16-7-5-4-6-8-16/h4-12,17,19H,3H2,1-2H3. The highest BCUT2D eigenvalue weighted by Crippen LogP contribution is 2.25. The Bertz CT molecular complexity index is 711. The van der Waals surface area contributed by atoms with Crippen molar-refractivity contribution in [2.75, 3.05) is 16.9 Å². The number of nitrogens with one attached hydrogen (secondary N) is 1. The Balaban J connectivity index is 1.76. The number of amides is 1. The second-order valence-corrected chi connectivity index (χ2v) is 5.28. The Labute approximate surface area is 135 Å². The number of nitrogens with zero attached hydrogens (tertiary/aromatic N) is 2. The smallest absolute Gasteiger partial charge is 0.294 e. The highest BCUT2D eigenvalue weighted by Gasteiger charge is 2.36. The molecule has 0 aromatic heterocycles. The van der Waals surface area contributed by atoms with Gasteiger partial charge in [-0.2, -0.15) is 10.1 Å². The van der Waals surface area contributed by atoms with Gasteiger partial charge in [0.05, 0.1) is 11.4 Å². The van der Waals surface area contributed by atoms with Gasteiger partial charge in [-0.25, -0.2) is 0 Å². The van der Waals surface area contributed by atoms with Gasteiger partial charge in [-0.3, -0.25) is 4.79 Å². The van der Waals surface area contributed by atoms with Gasteiger partial charge < -0.3 is 10.1 Å². The van der Waals surface area contributed by atoms with Crippen LogP contribution in [-0.2, 0) is 4.79 Å². The number of ether oxygens (including phenoxy) is 1. The van der Waals surface area contributed by atoms with E-state index < -0.39 is 6.10 Å². The molecule has 1 aliphatic rings. The summed E-state index contributed by atoms with van der Waals surface area (Å²) in [4.78, 5) is 12.6. The first-order chi connectivity index (χ1) is 11.2. The van der Waals surface area contributed by atoms with Gasteiger partial charge in [-0.05, 0) is 50.2 Å². The molecule has 1 heterocycles. The number of para-hydroxylation sites is 1. The van der Waals surface area contributed by atoms with Crippen LogP contribution in [0.4, 0.5) is 11.4 Å². The molecule has 5 nitrogen and oxygen atoms in total. The summed E-state index contributed by atoms with van der Waals surface area (Å²) in [5.74, 6) is 0.479. The fourth-order valence-corrected chi connectivity index (χ4v) is 2.43. The van der Waals surface area contributed by atoms with Crippen LogP contribution in [0.2, 0.25) is 0 Å². The second-order valence-electron chi connectivity index (χ2n) is 5.28. The van der Waals surface area contributed by atoms with Crippen LogP contribution in [0, 0.1) is 0 Å². The minimum atomic E-state index is -0.675. The zero-order chi connectivity index (χ0) is 16.2. The van der Waals surface area contributed by atoms with Gasteiger partial charge in [-0.1, -0.05) is 18.2 Å². The van der Waals surface area contributed by atoms with E-state index in [1.54, 1.807) is 6.92 Å². The van der Waals surface area contributed by atoms with Gasteiger partial charge in [0.1, 0.15) is 5.75 Å². The van der Waals surface area contributed by atoms with E-state index in [1.165, 1.54) is 5.01 Å². The summed E-state index contributed by atoms with van der Waals surface area (Å²) in [6.07, 6.45) is -0.675. The summed E-state index contributed by atoms with van der Waals surface area (Å²) in [5.41, 5.74) is 2.39. The maximum Gasteiger partial charge on any atom is 0.294 e. The zero-order valence-corrected chi connectivity index (χ0v) is 13.2. The molecule has 0 bridgehead atoms. The number of benzene rings is 2. The van der Waals surface area contributed by atoms with Crippen molar-refractivity contribution in [3.8, 4) is 5.75 Å². The number of hydrogen-bond donors (Lipinski definition) is 1. The number of hydrazone groups is 1. The van der Waals surface area contributed by atoms with Crippen molar-refractivity contribution in [2.45, 2.75) is 20.0 Å². The summed E-state index contributed by atoms with van der Waals surface area (Å²) < 4.78 is 5.78. The van der Waals surface area contributed by atoms with Crippen molar-refractivity contribution in [3.63, 3.8) is 0 Å². The minimum absolute atomic E-state index is 0.178. The predicted molar refractivity (Wildman–Crippen MR) is 92.1 cm³/mol. The summed E-state index contributed by atoms with van der Waals surface area (Å²) in [7, 11) is 0. The quantitative estimate of drug-likeness (QED) is 0.922. The van der Waals surface area contributed by atoms with Crippen molar-refractivity contribution in [2.24, 2.45) is 5.10 Å². The van der Waals surface area contributed by atoms with Gasteiger partial charge in [0.15, 0.2) is 0 Å². The molecule has 1 atom stereocenters. The molecule has 0 saturated heterocycles. The maximum absolute atomic E-state index is 12.6. The normalized spacial score (nSPS) is 17.1. The third-order valence-electron chi connectivity index (χ3n) is 3.56. The van der Waals surface area contributed by atoms with Crippen LogP contribution in [0.3, 0.4) is 0 Å². The first-order valence-corrected chi connectivity index (χ1v) is 7.63. The fourth-order valence-electron chi connectivity index (χ4n) is 2.43. The second kappa shape index (κ2) is 6.52. The molecule has 118 valence electrons. The van der Waals surface area contributed by atoms with Crippen molar-refractivity contribution in [3.05, 3.63) is 54.6 Å². The molecule has 0 fully saturated rings. The first kappa shape index (κ1) is 15.1. The van der Waals surface area contributed by atoms with Crippen molar-refractivity contribution >= 4 is 23.0 Å². The molecule has 1 N–H and O–H groups in total. The molecule has 1 unspecified atom stereocenters. The molecule has 0 aliphatic carbocycles. The summed E-state index contributed by atoms with van der Waals surface area (Å²) in [5, 5.41) is 8.97. The fraction of sp³-hybridized carbons (Fsp3) is 0.222. The van der Waals surface area contributed by atoms with Gasteiger partial charge in [0, 0.05) is 12.2 Å². The Morgan fingerprint density at radius 1 is 1.13 bits per heavy atom. The summed E-state index contributed by atoms with van der Waals surface area (Å²) >= 11 is 0. The monoisotopic (exact) mass is 309 g/mol. The van der Waals surface area contributed by atoms with Gasteiger partial charge >= 0.3 is 0 Å². The largest absolute Gasteiger partial charge is 0.474 e. The molecule has 1 aliphatic heterocycles. The van der Waals surface area contributed by atoms with E-state index >= 15 is 0 Å². The zero-order valence-electron chi connectivity index (χ0n) is 13.2. The molecule has 1 amide bonds. The van der Waals surface area contributed by atoms with Crippen LogP contribution in [-0.4, -0.2) is 24.3 Å². The van der Waals surface area contributed by atoms with Crippen LogP contribution in [0.15, 0.2) is 59.7 Å². The van der Waals surface area contributed by atoms with Crippen molar-refractivity contribution in [1.29, 1.82) is 0 Å². The van der Waals surface area contributed by atoms with E-state index in [0.717, 1.165) is 17.9 Å². The highest BCUT2D eigenvalue weighted by atomic mass is 16.5. The Morgan fingerprint density at radius 3 is 2.48 bits per heavy atom. The average molecular weight is 309 g/mol. The number of rotatable bonds is 5. The third kappa shape index (κ3) is 3.18. The lowest BCUT2D eigenvalue weighted by Gasteiger charge is -2.16. The number of hydrogen-bond acceptors (Lipinski definition) is 4. The van der Waals surface area contributed by atoms with E-state index in [2.05, 4.69) is 10.4 Å². The SMILES string of the molecule is CCNc1ccc(N2N=C(C)C(Oc3ccccc3)C2=O)cc1. The number of carbonyl (C=O) groups is 1. The highest BCUT2D eigenvalue weighted by molar-refractivity contribution is 6.17. The molecule has 0 spiro atoms. The van der Waals surface area contributed by atoms with Crippen molar-refractivity contribution < 1.29 is 9.53 Å². The number of carbonyl (C=O) groups excluding carboxylic acids is 1. The maximum atomic E-state index is 12.6. The summed E-state index contributed by atoms with van der Waals surface area (Å²) in [6, 6.07) is 16.9. The van der Waals surface area contributed by atoms with E-state index in [0.29, 0.717) is 11.5 Å². The van der Waals surface area contributed by atoms with Gasteiger partial charge in [-0.15, -0.1) is 0 Å². The molecular weight excluding hydrogens is 290 g/mol. The lowest BCUT2D eigenvalue weighted by atomic mass is 10.2. The topological polar surface area (TPSA) is 53.9 Å². The molecule has 3 rings (SSSR count). The van der Waals surface area contributed by atoms with Crippen LogP contribution < -0.4 is 15.1 Å². The molecule has 2 aromatic carbocycles. The van der Waals surface area contributed by atoms with Crippen LogP contribution in [0.25, 0.3) is 0 Å². The van der Waals surface area contributed by atoms with Crippen LogP contribution in [0.1, 0.15) is 13.8 Å². The van der Waals surface area contributed by atoms with Crippen molar-refractivity contribution in [1.82, 2.24) is 0 Å². The van der Waals surface area contributed by atoms with Crippen LogP contribution in [0.5, 0.6) is 5.75 Å². The Kier molecular flexibility index (Phi) is 4.28. The minimum Gasteiger partial charge on any atom is -0.474 e. The van der Waals surface area contributed by atoms with E-state index in [1.807, 2.05) is 61.5 Å². The van der Waals surface area contributed by atoms with E-state index in [-0.39, 0.29) is 5.91 Å². The van der Waals surface area contributed by atoms with E-state index in [9.17, 15) is 4.79 Å². The lowest BCUT2D eigenvalue weighted by molar-refractivity contribution is -0.121. The predicted octanol–water partition coefficient (Wildman–Crippen LogP) is 3.29. The molecule has 23 heavy (non-hydrogen) atoms. The molecule has 2 aromatic rings. The van der Waals surface area contributed by atoms with E-state index in [4.69, 9.17) is 4.74 Å². The van der Waals surface area contributed by atoms with Gasteiger partial charge in [0.2, 0.25) is 6.10 Å². The lowest BCUT2D eigenvalue weighted by Crippen LogP contribution is -2.35. The number of anilines is 2. The molecule has 5 heteroatoms. The first-order valence-electron chi connectivity index (χ1n) is 7.63. The Hall–Kier alpha value is -2.82. The molecule has 0 radical (unpaired) electrons. The van der Waals surface area contributed by atoms with Crippen LogP contribution >= 0.6 is 0 Å². The van der Waals surface area contributed by atoms with Gasteiger partial charge in [0.25, 0.3) is 5.91 Å².